The van der Waals surface area contributed by atoms with Crippen molar-refractivity contribution in [3.05, 3.63) is 52.5 Å². The minimum Gasteiger partial charge on any atom is -0.442 e. The van der Waals surface area contributed by atoms with E-state index in [9.17, 15) is 4.79 Å². The third-order valence-corrected chi connectivity index (χ3v) is 4.98. The molecule has 1 amide bonds. The van der Waals surface area contributed by atoms with Crippen molar-refractivity contribution in [2.75, 3.05) is 13.1 Å². The van der Waals surface area contributed by atoms with Gasteiger partial charge in [-0.1, -0.05) is 6.07 Å². The number of nitrogens with zero attached hydrogens (tertiary/aromatic N) is 3. The molecule has 4 rings (SSSR count). The highest BCUT2D eigenvalue weighted by molar-refractivity contribution is 7.07. The molecule has 2 saturated heterocycles. The second kappa shape index (κ2) is 5.70. The molecule has 5 nitrogen and oxygen atoms in total. The Hall–Kier alpha value is -1.92. The third kappa shape index (κ3) is 2.60. The molecule has 0 bridgehead atoms. The van der Waals surface area contributed by atoms with Crippen LogP contribution in [0, 0.1) is 0 Å². The van der Waals surface area contributed by atoms with Crippen LogP contribution in [0.25, 0.3) is 0 Å². The molecule has 2 aromatic heterocycles. The van der Waals surface area contributed by atoms with E-state index in [2.05, 4.69) is 26.7 Å². The number of rotatable bonds is 4. The number of ether oxygens (including phenoxy) is 1. The molecular weight excluding hydrogens is 298 g/mol. The van der Waals surface area contributed by atoms with E-state index < -0.39 is 0 Å². The highest BCUT2D eigenvalue weighted by atomic mass is 32.1. The molecule has 114 valence electrons. The standard InChI is InChI=1S/C16H17N3O2S/c20-16-19(8-13-3-1-2-5-17-13)14-9-18(10-15(14)21-16)7-12-4-6-22-11-12/h1-6,11,14-15H,7-10H2/t14-,15+/m0/s1. The fourth-order valence-electron chi connectivity index (χ4n) is 3.20. The van der Waals surface area contributed by atoms with E-state index in [4.69, 9.17) is 4.74 Å². The minimum atomic E-state index is -0.212. The molecule has 2 aliphatic heterocycles. The normalized spacial score (nSPS) is 24.5. The van der Waals surface area contributed by atoms with Crippen LogP contribution in [-0.2, 0) is 17.8 Å². The van der Waals surface area contributed by atoms with Crippen molar-refractivity contribution in [2.24, 2.45) is 0 Å². The summed E-state index contributed by atoms with van der Waals surface area (Å²) in [6, 6.07) is 8.05. The maximum Gasteiger partial charge on any atom is 0.410 e. The fourth-order valence-corrected chi connectivity index (χ4v) is 3.86. The van der Waals surface area contributed by atoms with Crippen molar-refractivity contribution in [3.8, 4) is 0 Å². The Labute approximate surface area is 133 Å². The Morgan fingerprint density at radius 2 is 2.23 bits per heavy atom. The highest BCUT2D eigenvalue weighted by Gasteiger charge is 2.47. The van der Waals surface area contributed by atoms with Crippen LogP contribution in [0.5, 0.6) is 0 Å². The van der Waals surface area contributed by atoms with Gasteiger partial charge in [0, 0.05) is 25.8 Å². The first-order chi connectivity index (χ1) is 10.8. The average Bonchev–Trinajstić information content (AvgIpc) is 3.21. The number of hydrogen-bond acceptors (Lipinski definition) is 5. The number of carbonyl (C=O) groups excluding carboxylic acids is 1. The third-order valence-electron chi connectivity index (χ3n) is 4.24. The van der Waals surface area contributed by atoms with Gasteiger partial charge in [-0.2, -0.15) is 11.3 Å². The molecule has 0 aromatic carbocycles. The van der Waals surface area contributed by atoms with E-state index in [1.54, 1.807) is 17.5 Å². The molecule has 0 N–H and O–H groups in total. The zero-order chi connectivity index (χ0) is 14.9. The van der Waals surface area contributed by atoms with Gasteiger partial charge in [0.15, 0.2) is 0 Å². The molecule has 0 spiro atoms. The second-order valence-corrected chi connectivity index (χ2v) is 6.54. The Kier molecular flexibility index (Phi) is 3.56. The summed E-state index contributed by atoms with van der Waals surface area (Å²) in [6.07, 6.45) is 1.52. The number of amides is 1. The lowest BCUT2D eigenvalue weighted by Crippen LogP contribution is -2.37. The summed E-state index contributed by atoms with van der Waals surface area (Å²) in [5, 5.41) is 4.27. The molecule has 6 heteroatoms. The number of likely N-dealkylation sites (tertiary alicyclic amines) is 1. The van der Waals surface area contributed by atoms with Crippen LogP contribution in [-0.4, -0.2) is 46.1 Å². The average molecular weight is 315 g/mol. The van der Waals surface area contributed by atoms with Crippen LogP contribution in [0.3, 0.4) is 0 Å². The zero-order valence-electron chi connectivity index (χ0n) is 12.1. The predicted octanol–water partition coefficient (Wildman–Crippen LogP) is 2.35. The summed E-state index contributed by atoms with van der Waals surface area (Å²) in [5.41, 5.74) is 2.23. The zero-order valence-corrected chi connectivity index (χ0v) is 12.9. The second-order valence-electron chi connectivity index (χ2n) is 5.76. The Bertz CT molecular complexity index is 647. The van der Waals surface area contributed by atoms with Gasteiger partial charge in [-0.15, -0.1) is 0 Å². The van der Waals surface area contributed by atoms with E-state index in [0.717, 1.165) is 25.3 Å². The van der Waals surface area contributed by atoms with Crippen molar-refractivity contribution in [1.29, 1.82) is 0 Å². The predicted molar refractivity (Wildman–Crippen MR) is 83.4 cm³/mol. The van der Waals surface area contributed by atoms with Crippen LogP contribution >= 0.6 is 11.3 Å². The van der Waals surface area contributed by atoms with E-state index in [0.29, 0.717) is 6.54 Å². The van der Waals surface area contributed by atoms with E-state index in [1.807, 2.05) is 23.1 Å². The first-order valence-corrected chi connectivity index (χ1v) is 8.34. The van der Waals surface area contributed by atoms with Gasteiger partial charge in [-0.25, -0.2) is 4.79 Å². The number of aromatic nitrogens is 1. The Morgan fingerprint density at radius 1 is 1.27 bits per heavy atom. The van der Waals surface area contributed by atoms with Gasteiger partial charge in [0.2, 0.25) is 0 Å². The molecule has 2 aliphatic rings. The Morgan fingerprint density at radius 3 is 3.00 bits per heavy atom. The van der Waals surface area contributed by atoms with Crippen LogP contribution in [0.15, 0.2) is 41.2 Å². The maximum absolute atomic E-state index is 12.1. The lowest BCUT2D eigenvalue weighted by Gasteiger charge is -2.21. The molecule has 2 aromatic rings. The van der Waals surface area contributed by atoms with Gasteiger partial charge in [0.25, 0.3) is 0 Å². The summed E-state index contributed by atoms with van der Waals surface area (Å²) >= 11 is 1.72. The number of pyridine rings is 1. The van der Waals surface area contributed by atoms with Gasteiger partial charge < -0.3 is 4.74 Å². The SMILES string of the molecule is O=C1O[C@@H]2CN(Cc3ccsc3)C[C@@H]2N1Cc1ccccn1. The summed E-state index contributed by atoms with van der Waals surface area (Å²) in [6.45, 7) is 3.11. The van der Waals surface area contributed by atoms with Crippen LogP contribution in [0.4, 0.5) is 4.79 Å². The largest absolute Gasteiger partial charge is 0.442 e. The number of hydrogen-bond donors (Lipinski definition) is 0. The molecule has 2 atom stereocenters. The molecule has 0 aliphatic carbocycles. The first-order valence-electron chi connectivity index (χ1n) is 7.40. The lowest BCUT2D eigenvalue weighted by atomic mass is 10.2. The topological polar surface area (TPSA) is 45.7 Å². The highest BCUT2D eigenvalue weighted by Crippen LogP contribution is 2.29. The van der Waals surface area contributed by atoms with Crippen LogP contribution in [0.2, 0.25) is 0 Å². The van der Waals surface area contributed by atoms with Crippen LogP contribution < -0.4 is 0 Å². The monoisotopic (exact) mass is 315 g/mol. The molecule has 0 unspecified atom stereocenters. The number of fused-ring (bicyclic) bond motifs is 1. The van der Waals surface area contributed by atoms with Gasteiger partial charge in [-0.3, -0.25) is 14.8 Å². The van der Waals surface area contributed by atoms with Gasteiger partial charge in [-0.05, 0) is 34.5 Å². The lowest BCUT2D eigenvalue weighted by molar-refractivity contribution is 0.119. The van der Waals surface area contributed by atoms with Crippen molar-refractivity contribution in [1.82, 2.24) is 14.8 Å². The summed E-state index contributed by atoms with van der Waals surface area (Å²) in [5.74, 6) is 0. The van der Waals surface area contributed by atoms with E-state index in [1.165, 1.54) is 5.56 Å². The van der Waals surface area contributed by atoms with Gasteiger partial charge >= 0.3 is 6.09 Å². The van der Waals surface area contributed by atoms with Crippen molar-refractivity contribution in [3.63, 3.8) is 0 Å². The number of carbonyl (C=O) groups is 1. The fraction of sp³-hybridized carbons (Fsp3) is 0.375. The molecular formula is C16H17N3O2S. The summed E-state index contributed by atoms with van der Waals surface area (Å²) < 4.78 is 5.54. The molecule has 4 heterocycles. The first kappa shape index (κ1) is 13.7. The van der Waals surface area contributed by atoms with Crippen molar-refractivity contribution in [2.45, 2.75) is 25.2 Å². The molecule has 0 saturated carbocycles. The van der Waals surface area contributed by atoms with Crippen molar-refractivity contribution < 1.29 is 9.53 Å². The Balaban J connectivity index is 1.44. The molecule has 22 heavy (non-hydrogen) atoms. The van der Waals surface area contributed by atoms with Gasteiger partial charge in [0.1, 0.15) is 6.10 Å². The maximum atomic E-state index is 12.1. The smallest absolute Gasteiger partial charge is 0.410 e. The van der Waals surface area contributed by atoms with Crippen molar-refractivity contribution >= 4 is 17.4 Å². The molecule has 2 fully saturated rings. The molecule has 0 radical (unpaired) electrons. The van der Waals surface area contributed by atoms with Crippen LogP contribution in [0.1, 0.15) is 11.3 Å². The summed E-state index contributed by atoms with van der Waals surface area (Å²) in [4.78, 5) is 20.6. The minimum absolute atomic E-state index is 0.0187. The van der Waals surface area contributed by atoms with E-state index >= 15 is 0 Å². The number of thiophene rings is 1. The quantitative estimate of drug-likeness (QED) is 0.869. The van der Waals surface area contributed by atoms with Gasteiger partial charge in [0.05, 0.1) is 18.3 Å². The summed E-state index contributed by atoms with van der Waals surface area (Å²) in [7, 11) is 0. The van der Waals surface area contributed by atoms with E-state index in [-0.39, 0.29) is 18.2 Å².